The van der Waals surface area contributed by atoms with Crippen molar-refractivity contribution in [3.63, 3.8) is 0 Å². The maximum absolute atomic E-state index is 13.2. The largest absolute Gasteiger partial charge is 0.491 e. The summed E-state index contributed by atoms with van der Waals surface area (Å²) < 4.78 is 5.72. The maximum Gasteiger partial charge on any atom is 0.278 e. The monoisotopic (exact) mass is 402 g/mol. The summed E-state index contributed by atoms with van der Waals surface area (Å²) >= 11 is 0. The second kappa shape index (κ2) is 8.19. The third-order valence-electron chi connectivity index (χ3n) is 5.42. The third kappa shape index (κ3) is 3.63. The minimum Gasteiger partial charge on any atom is -0.491 e. The fourth-order valence-electron chi connectivity index (χ4n) is 4.07. The Labute approximate surface area is 177 Å². The summed E-state index contributed by atoms with van der Waals surface area (Å²) in [7, 11) is 0. The van der Waals surface area contributed by atoms with E-state index in [0.29, 0.717) is 24.4 Å². The molecule has 0 N–H and O–H groups in total. The number of imide groups is 1. The van der Waals surface area contributed by atoms with Crippen LogP contribution in [0.15, 0.2) is 66.9 Å². The highest BCUT2D eigenvalue weighted by Crippen LogP contribution is 2.35. The van der Waals surface area contributed by atoms with E-state index in [1.807, 2.05) is 55.1 Å². The first-order valence-electron chi connectivity index (χ1n) is 10.3. The lowest BCUT2D eigenvalue weighted by Gasteiger charge is -2.31. The fraction of sp³-hybridized carbons (Fsp3) is 0.280. The van der Waals surface area contributed by atoms with Crippen LogP contribution in [0.2, 0.25) is 0 Å². The van der Waals surface area contributed by atoms with Crippen molar-refractivity contribution in [1.82, 2.24) is 9.80 Å². The van der Waals surface area contributed by atoms with Gasteiger partial charge in [-0.1, -0.05) is 42.5 Å². The Morgan fingerprint density at radius 3 is 2.40 bits per heavy atom. The highest BCUT2D eigenvalue weighted by molar-refractivity contribution is 6.35. The zero-order valence-electron chi connectivity index (χ0n) is 17.4. The van der Waals surface area contributed by atoms with Crippen LogP contribution in [0.3, 0.4) is 0 Å². The van der Waals surface area contributed by atoms with Crippen molar-refractivity contribution in [2.75, 3.05) is 13.1 Å². The van der Waals surface area contributed by atoms with Gasteiger partial charge in [-0.15, -0.1) is 6.58 Å². The first-order chi connectivity index (χ1) is 14.5. The minimum atomic E-state index is -0.272. The average molecular weight is 402 g/mol. The second-order valence-electron chi connectivity index (χ2n) is 7.86. The van der Waals surface area contributed by atoms with Crippen molar-refractivity contribution in [3.05, 3.63) is 83.6 Å². The van der Waals surface area contributed by atoms with Crippen molar-refractivity contribution < 1.29 is 14.3 Å². The molecule has 154 valence electrons. The van der Waals surface area contributed by atoms with Gasteiger partial charge in [0.05, 0.1) is 11.7 Å². The molecule has 30 heavy (non-hydrogen) atoms. The molecule has 0 bridgehead atoms. The SMILES string of the molecule is C=CCN1C(=O)C(c2ccc(OC(C)C)cc2)=C(N2CCc3ccccc3C2)C1=O. The maximum atomic E-state index is 13.2. The van der Waals surface area contributed by atoms with E-state index < -0.39 is 0 Å². The van der Waals surface area contributed by atoms with E-state index in [4.69, 9.17) is 4.74 Å². The lowest BCUT2D eigenvalue weighted by molar-refractivity contribution is -0.136. The van der Waals surface area contributed by atoms with Gasteiger partial charge in [-0.3, -0.25) is 14.5 Å². The molecule has 4 rings (SSSR count). The molecule has 0 spiro atoms. The number of carbonyl (C=O) groups excluding carboxylic acids is 2. The van der Waals surface area contributed by atoms with Crippen molar-refractivity contribution in [2.45, 2.75) is 32.9 Å². The van der Waals surface area contributed by atoms with Gasteiger partial charge in [0.15, 0.2) is 0 Å². The molecule has 0 fully saturated rings. The van der Waals surface area contributed by atoms with Crippen molar-refractivity contribution in [3.8, 4) is 5.75 Å². The molecule has 5 heteroatoms. The van der Waals surface area contributed by atoms with E-state index in [2.05, 4.69) is 18.7 Å². The van der Waals surface area contributed by atoms with E-state index in [-0.39, 0.29) is 24.5 Å². The van der Waals surface area contributed by atoms with Gasteiger partial charge < -0.3 is 9.64 Å². The van der Waals surface area contributed by atoms with Crippen molar-refractivity contribution >= 4 is 17.4 Å². The van der Waals surface area contributed by atoms with Crippen LogP contribution < -0.4 is 4.74 Å². The number of rotatable bonds is 6. The Balaban J connectivity index is 1.74. The molecule has 2 heterocycles. The fourth-order valence-corrected chi connectivity index (χ4v) is 4.07. The molecule has 0 atom stereocenters. The lowest BCUT2D eigenvalue weighted by atomic mass is 9.98. The number of hydrogen-bond donors (Lipinski definition) is 0. The number of fused-ring (bicyclic) bond motifs is 1. The van der Waals surface area contributed by atoms with Crippen LogP contribution in [0.25, 0.3) is 5.57 Å². The molecular formula is C25H26N2O3. The van der Waals surface area contributed by atoms with Crippen molar-refractivity contribution in [1.29, 1.82) is 0 Å². The zero-order chi connectivity index (χ0) is 21.3. The molecule has 2 amide bonds. The summed E-state index contributed by atoms with van der Waals surface area (Å²) in [6.45, 7) is 9.15. The van der Waals surface area contributed by atoms with Gasteiger partial charge in [-0.25, -0.2) is 0 Å². The van der Waals surface area contributed by atoms with E-state index in [1.54, 1.807) is 6.08 Å². The number of hydrogen-bond acceptors (Lipinski definition) is 4. The zero-order valence-corrected chi connectivity index (χ0v) is 17.4. The van der Waals surface area contributed by atoms with Crippen LogP contribution in [0, 0.1) is 0 Å². The number of ether oxygens (including phenoxy) is 1. The molecule has 0 aromatic heterocycles. The molecule has 0 saturated carbocycles. The molecule has 2 aliphatic rings. The summed E-state index contributed by atoms with van der Waals surface area (Å²) in [6, 6.07) is 15.7. The van der Waals surface area contributed by atoms with Gasteiger partial charge in [-0.2, -0.15) is 0 Å². The molecule has 0 saturated heterocycles. The van der Waals surface area contributed by atoms with Gasteiger partial charge in [0.25, 0.3) is 11.8 Å². The number of benzene rings is 2. The Morgan fingerprint density at radius 1 is 1.03 bits per heavy atom. The normalized spacial score (nSPS) is 16.4. The molecule has 2 aromatic carbocycles. The number of amides is 2. The second-order valence-corrected chi connectivity index (χ2v) is 7.86. The van der Waals surface area contributed by atoms with Gasteiger partial charge >= 0.3 is 0 Å². The molecule has 5 nitrogen and oxygen atoms in total. The third-order valence-corrected chi connectivity index (χ3v) is 5.42. The minimum absolute atomic E-state index is 0.0665. The predicted octanol–water partition coefficient (Wildman–Crippen LogP) is 3.80. The van der Waals surface area contributed by atoms with Crippen LogP contribution in [-0.2, 0) is 22.6 Å². The molecule has 0 aliphatic carbocycles. The average Bonchev–Trinajstić information content (AvgIpc) is 2.98. The quantitative estimate of drug-likeness (QED) is 0.545. The van der Waals surface area contributed by atoms with Crippen LogP contribution in [0.1, 0.15) is 30.5 Å². The Bertz CT molecular complexity index is 1020. The van der Waals surface area contributed by atoms with E-state index >= 15 is 0 Å². The summed E-state index contributed by atoms with van der Waals surface area (Å²) in [4.78, 5) is 29.8. The van der Waals surface area contributed by atoms with Crippen LogP contribution >= 0.6 is 0 Å². The highest BCUT2D eigenvalue weighted by atomic mass is 16.5. The van der Waals surface area contributed by atoms with Gasteiger partial charge in [0.1, 0.15) is 11.4 Å². The first-order valence-corrected chi connectivity index (χ1v) is 10.3. The van der Waals surface area contributed by atoms with Crippen LogP contribution in [0.5, 0.6) is 5.75 Å². The highest BCUT2D eigenvalue weighted by Gasteiger charge is 2.41. The number of nitrogens with zero attached hydrogens (tertiary/aromatic N) is 2. The van der Waals surface area contributed by atoms with Crippen LogP contribution in [-0.4, -0.2) is 40.8 Å². The van der Waals surface area contributed by atoms with Gasteiger partial charge in [-0.05, 0) is 49.1 Å². The van der Waals surface area contributed by atoms with E-state index in [9.17, 15) is 9.59 Å². The van der Waals surface area contributed by atoms with Gasteiger partial charge in [0.2, 0.25) is 0 Å². The molecule has 0 radical (unpaired) electrons. The predicted molar refractivity (Wildman–Crippen MR) is 117 cm³/mol. The van der Waals surface area contributed by atoms with E-state index in [1.165, 1.54) is 16.0 Å². The molecule has 2 aromatic rings. The first kappa shape index (κ1) is 20.0. The molecular weight excluding hydrogens is 376 g/mol. The standard InChI is InChI=1S/C25H26N2O3/c1-4-14-27-24(28)22(19-9-11-21(12-10-19)30-17(2)3)23(25(27)29)26-15-13-18-7-5-6-8-20(18)16-26/h4-12,17H,1,13-16H2,2-3H3. The Kier molecular flexibility index (Phi) is 5.44. The smallest absolute Gasteiger partial charge is 0.278 e. The molecule has 2 aliphatic heterocycles. The summed E-state index contributed by atoms with van der Waals surface area (Å²) in [6.07, 6.45) is 2.50. The van der Waals surface area contributed by atoms with Gasteiger partial charge in [0, 0.05) is 19.6 Å². The van der Waals surface area contributed by atoms with Crippen LogP contribution in [0.4, 0.5) is 0 Å². The topological polar surface area (TPSA) is 49.9 Å². The summed E-state index contributed by atoms with van der Waals surface area (Å²) in [5.74, 6) is 0.214. The summed E-state index contributed by atoms with van der Waals surface area (Å²) in [5.41, 5.74) is 4.15. The van der Waals surface area contributed by atoms with E-state index in [0.717, 1.165) is 17.7 Å². The number of carbonyl (C=O) groups is 2. The Morgan fingerprint density at radius 2 is 1.73 bits per heavy atom. The Hall–Kier alpha value is -3.34. The lowest BCUT2D eigenvalue weighted by Crippen LogP contribution is -2.37. The molecule has 0 unspecified atom stereocenters. The summed E-state index contributed by atoms with van der Waals surface area (Å²) in [5, 5.41) is 0. The van der Waals surface area contributed by atoms with Crippen molar-refractivity contribution in [2.24, 2.45) is 0 Å².